The van der Waals surface area contributed by atoms with Gasteiger partial charge in [0.2, 0.25) is 0 Å². The van der Waals surface area contributed by atoms with E-state index < -0.39 is 0 Å². The predicted octanol–water partition coefficient (Wildman–Crippen LogP) is 1.37. The van der Waals surface area contributed by atoms with Crippen molar-refractivity contribution in [2.24, 2.45) is 0 Å². The van der Waals surface area contributed by atoms with Gasteiger partial charge in [0.25, 0.3) is 0 Å². The molecule has 0 aromatic carbocycles. The minimum atomic E-state index is 0.0201. The third-order valence-corrected chi connectivity index (χ3v) is 5.45. The third kappa shape index (κ3) is 3.86. The van der Waals surface area contributed by atoms with Crippen LogP contribution < -0.4 is 10.2 Å². The number of urea groups is 1. The highest BCUT2D eigenvalue weighted by molar-refractivity contribution is 5.74. The molecule has 3 heterocycles. The van der Waals surface area contributed by atoms with Crippen molar-refractivity contribution in [3.63, 3.8) is 0 Å². The zero-order valence-corrected chi connectivity index (χ0v) is 14.7. The van der Waals surface area contributed by atoms with Gasteiger partial charge in [0.05, 0.1) is 11.8 Å². The number of anilines is 1. The number of nitrogens with one attached hydrogen (secondary N) is 1. The maximum absolute atomic E-state index is 12.3. The lowest BCUT2D eigenvalue weighted by Gasteiger charge is -2.35. The van der Waals surface area contributed by atoms with Crippen LogP contribution >= 0.6 is 0 Å². The number of nitrogens with zero attached hydrogens (tertiary/aromatic N) is 4. The number of rotatable bonds is 3. The Hall–Kier alpha value is -1.89. The van der Waals surface area contributed by atoms with Crippen molar-refractivity contribution in [1.82, 2.24) is 20.4 Å². The number of carbonyl (C=O) groups excluding carboxylic acids is 1. The highest BCUT2D eigenvalue weighted by Crippen LogP contribution is 2.23. The van der Waals surface area contributed by atoms with Crippen molar-refractivity contribution in [2.45, 2.75) is 44.6 Å². The first kappa shape index (κ1) is 16.6. The van der Waals surface area contributed by atoms with E-state index in [-0.39, 0.29) is 12.1 Å². The maximum Gasteiger partial charge on any atom is 0.317 e. The van der Waals surface area contributed by atoms with Crippen LogP contribution in [-0.4, -0.2) is 66.6 Å². The highest BCUT2D eigenvalue weighted by Gasteiger charge is 2.24. The van der Waals surface area contributed by atoms with E-state index in [9.17, 15) is 4.79 Å². The lowest BCUT2D eigenvalue weighted by atomic mass is 9.97. The fraction of sp³-hybridized carbons (Fsp3) is 0.722. The summed E-state index contributed by atoms with van der Waals surface area (Å²) in [5.74, 6) is 0.958. The maximum atomic E-state index is 12.3. The lowest BCUT2D eigenvalue weighted by Crippen LogP contribution is -2.52. The number of piperazine rings is 1. The lowest BCUT2D eigenvalue weighted by molar-refractivity contribution is 0.108. The number of amides is 2. The summed E-state index contributed by atoms with van der Waals surface area (Å²) < 4.78 is 5.55. The number of aryl methyl sites for hydroxylation is 2. The first-order valence-corrected chi connectivity index (χ1v) is 9.54. The summed E-state index contributed by atoms with van der Waals surface area (Å²) in [5, 5.41) is 11.8. The largest absolute Gasteiger partial charge is 0.376 e. The molecule has 1 atom stereocenters. The minimum absolute atomic E-state index is 0.0201. The molecule has 1 N–H and O–H groups in total. The predicted molar refractivity (Wildman–Crippen MR) is 94.8 cm³/mol. The van der Waals surface area contributed by atoms with Gasteiger partial charge in [-0.25, -0.2) is 4.79 Å². The molecule has 0 radical (unpaired) electrons. The third-order valence-electron chi connectivity index (χ3n) is 5.45. The van der Waals surface area contributed by atoms with E-state index in [1.165, 1.54) is 24.1 Å². The van der Waals surface area contributed by atoms with E-state index >= 15 is 0 Å². The van der Waals surface area contributed by atoms with Crippen molar-refractivity contribution < 1.29 is 9.53 Å². The summed E-state index contributed by atoms with van der Waals surface area (Å²) in [4.78, 5) is 16.4. The number of fused-ring (bicyclic) bond motifs is 1. The molecule has 0 saturated carbocycles. The molecule has 7 nitrogen and oxygen atoms in total. The van der Waals surface area contributed by atoms with Crippen LogP contribution in [0, 0.1) is 0 Å². The molecule has 1 aliphatic carbocycles. The van der Waals surface area contributed by atoms with Crippen molar-refractivity contribution in [3.8, 4) is 0 Å². The van der Waals surface area contributed by atoms with Crippen LogP contribution in [0.15, 0.2) is 6.07 Å². The topological polar surface area (TPSA) is 70.6 Å². The Bertz CT molecular complexity index is 609. The normalized spacial score (nSPS) is 23.4. The van der Waals surface area contributed by atoms with E-state index in [1.54, 1.807) is 0 Å². The van der Waals surface area contributed by atoms with E-state index in [0.29, 0.717) is 6.54 Å². The Morgan fingerprint density at radius 2 is 2.00 bits per heavy atom. The second-order valence-corrected chi connectivity index (χ2v) is 7.18. The van der Waals surface area contributed by atoms with Gasteiger partial charge in [-0.15, -0.1) is 5.10 Å². The molecule has 7 heteroatoms. The van der Waals surface area contributed by atoms with Crippen LogP contribution in [-0.2, 0) is 17.6 Å². The van der Waals surface area contributed by atoms with Crippen molar-refractivity contribution in [3.05, 3.63) is 17.3 Å². The molecule has 2 amide bonds. The van der Waals surface area contributed by atoms with E-state index in [2.05, 4.69) is 26.5 Å². The van der Waals surface area contributed by atoms with E-state index in [0.717, 1.165) is 64.3 Å². The zero-order chi connectivity index (χ0) is 17.1. The van der Waals surface area contributed by atoms with Gasteiger partial charge >= 0.3 is 6.03 Å². The first-order valence-electron chi connectivity index (χ1n) is 9.54. The molecule has 136 valence electrons. The molecule has 1 aromatic heterocycles. The number of ether oxygens (including phenoxy) is 1. The molecule has 2 fully saturated rings. The Morgan fingerprint density at radius 3 is 2.80 bits per heavy atom. The number of carbonyl (C=O) groups is 1. The Balaban J connectivity index is 1.28. The number of aromatic nitrogens is 2. The van der Waals surface area contributed by atoms with Gasteiger partial charge in [0.1, 0.15) is 0 Å². The molecule has 2 saturated heterocycles. The molecular weight excluding hydrogens is 318 g/mol. The molecule has 1 aromatic rings. The Kier molecular flexibility index (Phi) is 5.01. The molecule has 0 bridgehead atoms. The summed E-state index contributed by atoms with van der Waals surface area (Å²) in [7, 11) is 0. The van der Waals surface area contributed by atoms with Gasteiger partial charge in [0.15, 0.2) is 5.82 Å². The van der Waals surface area contributed by atoms with Crippen LogP contribution in [0.2, 0.25) is 0 Å². The van der Waals surface area contributed by atoms with Gasteiger partial charge in [-0.1, -0.05) is 0 Å². The van der Waals surface area contributed by atoms with Crippen LogP contribution in [0.25, 0.3) is 0 Å². The van der Waals surface area contributed by atoms with Crippen LogP contribution in [0.1, 0.15) is 36.9 Å². The van der Waals surface area contributed by atoms with Crippen molar-refractivity contribution >= 4 is 11.8 Å². The van der Waals surface area contributed by atoms with Crippen LogP contribution in [0.5, 0.6) is 0 Å². The molecule has 0 unspecified atom stereocenters. The minimum Gasteiger partial charge on any atom is -0.376 e. The smallest absolute Gasteiger partial charge is 0.317 e. The van der Waals surface area contributed by atoms with Gasteiger partial charge < -0.3 is 19.9 Å². The summed E-state index contributed by atoms with van der Waals surface area (Å²) >= 11 is 0. The molecule has 25 heavy (non-hydrogen) atoms. The second-order valence-electron chi connectivity index (χ2n) is 7.18. The SMILES string of the molecule is O=C(NC[C@H]1CCCO1)N1CCN(c2cc3c(nn2)CCCC3)CC1. The fourth-order valence-electron chi connectivity index (χ4n) is 3.89. The summed E-state index contributed by atoms with van der Waals surface area (Å²) in [6.07, 6.45) is 6.98. The molecule has 3 aliphatic rings. The molecular formula is C18H27N5O2. The van der Waals surface area contributed by atoms with Gasteiger partial charge in [-0.3, -0.25) is 0 Å². The van der Waals surface area contributed by atoms with Gasteiger partial charge in [0, 0.05) is 39.3 Å². The zero-order valence-electron chi connectivity index (χ0n) is 14.7. The fourth-order valence-corrected chi connectivity index (χ4v) is 3.89. The summed E-state index contributed by atoms with van der Waals surface area (Å²) in [5.41, 5.74) is 2.52. The van der Waals surface area contributed by atoms with Crippen LogP contribution in [0.3, 0.4) is 0 Å². The van der Waals surface area contributed by atoms with Crippen LogP contribution in [0.4, 0.5) is 10.6 Å². The first-order chi connectivity index (χ1) is 12.3. The van der Waals surface area contributed by atoms with E-state index in [4.69, 9.17) is 4.74 Å². The Morgan fingerprint density at radius 1 is 1.16 bits per heavy atom. The average Bonchev–Trinajstić information content (AvgIpc) is 3.19. The Labute approximate surface area is 148 Å². The molecule has 2 aliphatic heterocycles. The second kappa shape index (κ2) is 7.56. The molecule has 0 spiro atoms. The summed E-state index contributed by atoms with van der Waals surface area (Å²) in [6, 6.07) is 2.22. The number of hydrogen-bond acceptors (Lipinski definition) is 5. The van der Waals surface area contributed by atoms with Gasteiger partial charge in [-0.2, -0.15) is 5.10 Å². The van der Waals surface area contributed by atoms with Crippen molar-refractivity contribution in [2.75, 3.05) is 44.2 Å². The highest BCUT2D eigenvalue weighted by atomic mass is 16.5. The summed E-state index contributed by atoms with van der Waals surface area (Å²) in [6.45, 7) is 4.49. The number of hydrogen-bond donors (Lipinski definition) is 1. The van der Waals surface area contributed by atoms with E-state index in [1.807, 2.05) is 4.90 Å². The van der Waals surface area contributed by atoms with Crippen molar-refractivity contribution in [1.29, 1.82) is 0 Å². The molecule has 4 rings (SSSR count). The average molecular weight is 345 g/mol. The van der Waals surface area contributed by atoms with Gasteiger partial charge in [-0.05, 0) is 50.2 Å². The monoisotopic (exact) mass is 345 g/mol. The quantitative estimate of drug-likeness (QED) is 0.896. The standard InChI is InChI=1S/C18H27N5O2/c24-18(19-13-15-5-3-11-25-15)23-9-7-22(8-10-23)17-12-14-4-1-2-6-16(14)20-21-17/h12,15H,1-11,13H2,(H,19,24)/t15-/m1/s1.